The fourth-order valence-corrected chi connectivity index (χ4v) is 5.86. The second kappa shape index (κ2) is 7.88. The van der Waals surface area contributed by atoms with Gasteiger partial charge in [-0.1, -0.05) is 0 Å². The molecule has 4 heterocycles. The molecular formula is C13H19N5O10P2. The van der Waals surface area contributed by atoms with Crippen LogP contribution in [0.25, 0.3) is 11.2 Å². The second-order valence-electron chi connectivity index (χ2n) is 6.61. The lowest BCUT2D eigenvalue weighted by Crippen LogP contribution is -2.31. The third kappa shape index (κ3) is 4.27. The highest BCUT2D eigenvalue weighted by Crippen LogP contribution is 2.55. The number of hydrogen-bond acceptors (Lipinski definition) is 11. The second-order valence-corrected chi connectivity index (χ2v) is 10.6. The van der Waals surface area contributed by atoms with E-state index in [-0.39, 0.29) is 5.82 Å². The first-order chi connectivity index (χ1) is 14.1. The maximum atomic E-state index is 12.0. The lowest BCUT2D eigenvalue weighted by Gasteiger charge is -2.21. The molecule has 2 aromatic rings. The lowest BCUT2D eigenvalue weighted by molar-refractivity contribution is -0.256. The average molecular weight is 467 g/mol. The third-order valence-corrected chi connectivity index (χ3v) is 7.94. The predicted molar refractivity (Wildman–Crippen MR) is 96.9 cm³/mol. The molecule has 0 saturated carbocycles. The van der Waals surface area contributed by atoms with Crippen LogP contribution in [0.2, 0.25) is 0 Å². The number of aromatic nitrogens is 4. The summed E-state index contributed by atoms with van der Waals surface area (Å²) < 4.78 is 51.7. The molecule has 0 spiro atoms. The standard InChI is InChI=1S/C13H19N5O10P2/c1-24-13-27-8-6(2-25-30(22,23)5-29(19,20)21)26-12(9(8)28-13)18-4-17-7-10(14)15-3-16-11(7)18/h3-4,6,8-9,12-13H,2,5H2,1H3,(H,22,23)(H2,14,15,16)(H2,19,20,21). The highest BCUT2D eigenvalue weighted by molar-refractivity contribution is 7.70. The highest BCUT2D eigenvalue weighted by atomic mass is 31.2. The number of nitrogens with zero attached hydrogens (tertiary/aromatic N) is 4. The van der Waals surface area contributed by atoms with Crippen molar-refractivity contribution in [2.75, 3.05) is 25.4 Å². The first-order valence-corrected chi connectivity index (χ1v) is 12.1. The Kier molecular flexibility index (Phi) is 5.70. The van der Waals surface area contributed by atoms with Crippen molar-refractivity contribution in [3.63, 3.8) is 0 Å². The van der Waals surface area contributed by atoms with Crippen LogP contribution in [0.3, 0.4) is 0 Å². The molecule has 166 valence electrons. The zero-order valence-electron chi connectivity index (χ0n) is 15.4. The minimum Gasteiger partial charge on any atom is -0.382 e. The Morgan fingerprint density at radius 3 is 2.60 bits per heavy atom. The van der Waals surface area contributed by atoms with Gasteiger partial charge in [0.2, 0.25) is 0 Å². The summed E-state index contributed by atoms with van der Waals surface area (Å²) in [5, 5.41) is 0. The maximum Gasteiger partial charge on any atom is 0.340 e. The van der Waals surface area contributed by atoms with Crippen molar-refractivity contribution >= 4 is 32.2 Å². The van der Waals surface area contributed by atoms with Gasteiger partial charge in [-0.25, -0.2) is 15.0 Å². The van der Waals surface area contributed by atoms with Gasteiger partial charge in [0.25, 0.3) is 6.48 Å². The topological polar surface area (TPSA) is 211 Å². The summed E-state index contributed by atoms with van der Waals surface area (Å²) in [7, 11) is -7.97. The van der Waals surface area contributed by atoms with Gasteiger partial charge in [-0.3, -0.25) is 13.7 Å². The van der Waals surface area contributed by atoms with Crippen molar-refractivity contribution in [1.82, 2.24) is 19.5 Å². The molecule has 15 nitrogen and oxygen atoms in total. The van der Waals surface area contributed by atoms with Crippen LogP contribution in [0.5, 0.6) is 0 Å². The maximum absolute atomic E-state index is 12.0. The monoisotopic (exact) mass is 467 g/mol. The van der Waals surface area contributed by atoms with E-state index in [1.165, 1.54) is 19.8 Å². The molecular weight excluding hydrogens is 448 g/mol. The molecule has 0 amide bonds. The summed E-state index contributed by atoms with van der Waals surface area (Å²) in [5.41, 5.74) is 6.52. The molecule has 6 atom stereocenters. The van der Waals surface area contributed by atoms with Gasteiger partial charge in [-0.2, -0.15) is 0 Å². The Bertz CT molecular complexity index is 1030. The van der Waals surface area contributed by atoms with E-state index in [1.54, 1.807) is 4.57 Å². The summed E-state index contributed by atoms with van der Waals surface area (Å²) in [5.74, 6) is -1.14. The SMILES string of the molecule is COC1OC2C(COP(=O)(O)CP(=O)(O)O)OC(n3cnc4c(N)ncnc43)C2O1. The molecule has 0 aromatic carbocycles. The normalized spacial score (nSPS) is 31.1. The number of rotatable bonds is 7. The van der Waals surface area contributed by atoms with Crippen LogP contribution in [-0.4, -0.2) is 78.6 Å². The zero-order valence-corrected chi connectivity index (χ0v) is 17.2. The number of fused-ring (bicyclic) bond motifs is 2. The third-order valence-electron chi connectivity index (χ3n) is 4.48. The lowest BCUT2D eigenvalue weighted by atomic mass is 10.1. The molecule has 0 bridgehead atoms. The van der Waals surface area contributed by atoms with Gasteiger partial charge < -0.3 is 43.9 Å². The number of methoxy groups -OCH3 is 1. The molecule has 2 aromatic heterocycles. The van der Waals surface area contributed by atoms with Gasteiger partial charge in [0.1, 0.15) is 30.2 Å². The molecule has 2 fully saturated rings. The van der Waals surface area contributed by atoms with E-state index < -0.39 is 58.7 Å². The fourth-order valence-electron chi connectivity index (χ4n) is 3.30. The van der Waals surface area contributed by atoms with Crippen molar-refractivity contribution in [3.8, 4) is 0 Å². The number of ether oxygens (including phenoxy) is 4. The van der Waals surface area contributed by atoms with Crippen LogP contribution in [0, 0.1) is 0 Å². The molecule has 2 saturated heterocycles. The van der Waals surface area contributed by atoms with Gasteiger partial charge in [-0.05, 0) is 0 Å². The Morgan fingerprint density at radius 2 is 1.90 bits per heavy atom. The smallest absolute Gasteiger partial charge is 0.340 e. The molecule has 17 heteroatoms. The van der Waals surface area contributed by atoms with Crippen LogP contribution < -0.4 is 5.73 Å². The predicted octanol–water partition coefficient (Wildman–Crippen LogP) is -0.643. The summed E-state index contributed by atoms with van der Waals surface area (Å²) in [6.45, 7) is -1.51. The number of imidazole rings is 1. The number of anilines is 1. The van der Waals surface area contributed by atoms with Crippen LogP contribution in [-0.2, 0) is 32.6 Å². The quantitative estimate of drug-likeness (QED) is 0.373. The van der Waals surface area contributed by atoms with E-state index in [0.717, 1.165) is 0 Å². The van der Waals surface area contributed by atoms with Crippen LogP contribution in [0.15, 0.2) is 12.7 Å². The fraction of sp³-hybridized carbons (Fsp3) is 0.615. The number of hydrogen-bond donors (Lipinski definition) is 4. The number of nitrogens with two attached hydrogens (primary N) is 1. The zero-order chi connectivity index (χ0) is 21.7. The van der Waals surface area contributed by atoms with Crippen molar-refractivity contribution in [2.24, 2.45) is 0 Å². The first-order valence-electron chi connectivity index (χ1n) is 8.51. The summed E-state index contributed by atoms with van der Waals surface area (Å²) in [6.07, 6.45) is -0.563. The van der Waals surface area contributed by atoms with Gasteiger partial charge >= 0.3 is 15.2 Å². The minimum absolute atomic E-state index is 0.171. The van der Waals surface area contributed by atoms with E-state index in [0.29, 0.717) is 11.2 Å². The largest absolute Gasteiger partial charge is 0.382 e. The van der Waals surface area contributed by atoms with Gasteiger partial charge in [-0.15, -0.1) is 0 Å². The molecule has 6 unspecified atom stereocenters. The van der Waals surface area contributed by atoms with E-state index in [2.05, 4.69) is 15.0 Å². The number of nitrogen functional groups attached to an aromatic ring is 1. The van der Waals surface area contributed by atoms with E-state index in [9.17, 15) is 14.0 Å². The minimum atomic E-state index is -4.76. The first kappa shape index (κ1) is 21.7. The van der Waals surface area contributed by atoms with Gasteiger partial charge in [0.15, 0.2) is 23.6 Å². The Labute approximate surface area is 168 Å². The van der Waals surface area contributed by atoms with Gasteiger partial charge in [0, 0.05) is 7.11 Å². The molecule has 5 N–H and O–H groups in total. The molecule has 0 aliphatic carbocycles. The Balaban J connectivity index is 1.57. The average Bonchev–Trinajstić information content (AvgIpc) is 3.31. The summed E-state index contributed by atoms with van der Waals surface area (Å²) in [4.78, 5) is 39.8. The van der Waals surface area contributed by atoms with Crippen molar-refractivity contribution in [1.29, 1.82) is 0 Å². The van der Waals surface area contributed by atoms with Gasteiger partial charge in [0.05, 0.1) is 12.9 Å². The molecule has 0 radical (unpaired) electrons. The Hall–Kier alpha value is -1.51. The Morgan fingerprint density at radius 1 is 1.17 bits per heavy atom. The van der Waals surface area contributed by atoms with E-state index in [4.69, 9.17) is 39.0 Å². The van der Waals surface area contributed by atoms with Crippen LogP contribution in [0.1, 0.15) is 6.23 Å². The van der Waals surface area contributed by atoms with Crippen LogP contribution >= 0.6 is 15.2 Å². The van der Waals surface area contributed by atoms with E-state index in [1.807, 2.05) is 0 Å². The molecule has 30 heavy (non-hydrogen) atoms. The molecule has 2 aliphatic rings. The van der Waals surface area contributed by atoms with Crippen LogP contribution in [0.4, 0.5) is 5.82 Å². The summed E-state index contributed by atoms with van der Waals surface area (Å²) >= 11 is 0. The summed E-state index contributed by atoms with van der Waals surface area (Å²) in [6, 6.07) is 0. The molecule has 2 aliphatic heterocycles. The highest BCUT2D eigenvalue weighted by Gasteiger charge is 2.54. The van der Waals surface area contributed by atoms with Crippen molar-refractivity contribution in [2.45, 2.75) is 31.0 Å². The van der Waals surface area contributed by atoms with Crippen molar-refractivity contribution < 1.29 is 47.3 Å². The van der Waals surface area contributed by atoms with Crippen molar-refractivity contribution in [3.05, 3.63) is 12.7 Å². The van der Waals surface area contributed by atoms with E-state index >= 15 is 0 Å². The molecule has 4 rings (SSSR count).